The van der Waals surface area contributed by atoms with Crippen molar-refractivity contribution in [1.82, 2.24) is 0 Å². The summed E-state index contributed by atoms with van der Waals surface area (Å²) < 4.78 is 5.42. The summed E-state index contributed by atoms with van der Waals surface area (Å²) in [4.78, 5) is 29.1. The van der Waals surface area contributed by atoms with Crippen LogP contribution >= 0.6 is 0 Å². The van der Waals surface area contributed by atoms with Crippen molar-refractivity contribution in [1.29, 1.82) is 0 Å². The number of Topliss-reactive ketones (excluding diaryl/α,β-unsaturated/α-hetero) is 1. The van der Waals surface area contributed by atoms with Crippen molar-refractivity contribution in [3.05, 3.63) is 107 Å². The lowest BCUT2D eigenvalue weighted by Gasteiger charge is -2.40. The minimum Gasteiger partial charge on any atom is -0.497 e. The first-order valence-corrected chi connectivity index (χ1v) is 11.4. The summed E-state index contributed by atoms with van der Waals surface area (Å²) in [6.07, 6.45) is 1.38. The van der Waals surface area contributed by atoms with Crippen LogP contribution in [0.2, 0.25) is 0 Å². The molecule has 0 fully saturated rings. The van der Waals surface area contributed by atoms with Crippen LogP contribution in [0.1, 0.15) is 47.8 Å². The molecule has 1 amide bonds. The highest BCUT2D eigenvalue weighted by molar-refractivity contribution is 6.08. The Labute approximate surface area is 194 Å². The van der Waals surface area contributed by atoms with Crippen LogP contribution in [0, 0.1) is 6.92 Å². The molecule has 5 rings (SSSR count). The standard InChI is InChI=1S/C29H27NO3/c1-19-8-6-12-23(14-19)30-26-16-22(20-9-4-3-5-10-20)17-27(31)29(26)25(18-28(30)32)21-11-7-13-24(15-21)33-2/h3-15,22,25H,16-18H2,1-2H3. The summed E-state index contributed by atoms with van der Waals surface area (Å²) in [5.74, 6) is 0.680. The quantitative estimate of drug-likeness (QED) is 0.509. The molecule has 3 aromatic rings. The van der Waals surface area contributed by atoms with Gasteiger partial charge in [-0.3, -0.25) is 14.5 Å². The van der Waals surface area contributed by atoms with E-state index in [1.54, 1.807) is 12.0 Å². The Bertz CT molecular complexity index is 1240. The summed E-state index contributed by atoms with van der Waals surface area (Å²) in [5, 5.41) is 0. The molecule has 1 heterocycles. The maximum atomic E-state index is 13.7. The minimum atomic E-state index is -0.257. The molecule has 0 radical (unpaired) electrons. The van der Waals surface area contributed by atoms with Gasteiger partial charge in [0.25, 0.3) is 0 Å². The van der Waals surface area contributed by atoms with Gasteiger partial charge < -0.3 is 4.74 Å². The SMILES string of the molecule is COc1cccc(C2CC(=O)N(c3cccc(C)c3)C3=C2C(=O)CC(c2ccccc2)C3)c1. The maximum absolute atomic E-state index is 13.7. The van der Waals surface area contributed by atoms with E-state index in [9.17, 15) is 9.59 Å². The van der Waals surface area contributed by atoms with Crippen LogP contribution in [-0.2, 0) is 9.59 Å². The number of hydrogen-bond acceptors (Lipinski definition) is 3. The van der Waals surface area contributed by atoms with Gasteiger partial charge in [0.2, 0.25) is 5.91 Å². The van der Waals surface area contributed by atoms with Gasteiger partial charge in [0.05, 0.1) is 7.11 Å². The van der Waals surface area contributed by atoms with Gasteiger partial charge in [-0.1, -0.05) is 54.6 Å². The number of ether oxygens (including phenoxy) is 1. The van der Waals surface area contributed by atoms with Gasteiger partial charge in [0.15, 0.2) is 5.78 Å². The zero-order chi connectivity index (χ0) is 22.9. The fraction of sp³-hybridized carbons (Fsp3) is 0.241. The second kappa shape index (κ2) is 8.70. The molecule has 2 aliphatic rings. The Morgan fingerprint density at radius 1 is 0.818 bits per heavy atom. The first-order chi connectivity index (χ1) is 16.0. The smallest absolute Gasteiger partial charge is 0.232 e. The second-order valence-electron chi connectivity index (χ2n) is 8.90. The Morgan fingerprint density at radius 2 is 1.58 bits per heavy atom. The number of anilines is 1. The third-order valence-electron chi connectivity index (χ3n) is 6.76. The Kier molecular flexibility index (Phi) is 5.59. The van der Waals surface area contributed by atoms with Crippen LogP contribution in [0.5, 0.6) is 5.75 Å². The number of amides is 1. The monoisotopic (exact) mass is 437 g/mol. The van der Waals surface area contributed by atoms with Crippen molar-refractivity contribution in [3.63, 3.8) is 0 Å². The minimum absolute atomic E-state index is 0.0219. The van der Waals surface area contributed by atoms with Crippen molar-refractivity contribution in [3.8, 4) is 5.75 Å². The summed E-state index contributed by atoms with van der Waals surface area (Å²) >= 11 is 0. The summed E-state index contributed by atoms with van der Waals surface area (Å²) in [5.41, 5.74) is 5.62. The van der Waals surface area contributed by atoms with Crippen molar-refractivity contribution in [2.45, 2.75) is 38.0 Å². The van der Waals surface area contributed by atoms with E-state index in [0.29, 0.717) is 12.8 Å². The molecule has 1 aliphatic carbocycles. The zero-order valence-corrected chi connectivity index (χ0v) is 19.0. The topological polar surface area (TPSA) is 46.6 Å². The summed E-state index contributed by atoms with van der Waals surface area (Å²) in [7, 11) is 1.63. The number of methoxy groups -OCH3 is 1. The summed E-state index contributed by atoms with van der Waals surface area (Å²) in [6.45, 7) is 2.02. The van der Waals surface area contributed by atoms with Crippen LogP contribution in [0.4, 0.5) is 5.69 Å². The molecule has 0 spiro atoms. The first kappa shape index (κ1) is 21.2. The molecule has 3 aromatic carbocycles. The van der Waals surface area contributed by atoms with Crippen LogP contribution in [0.3, 0.4) is 0 Å². The molecule has 1 aliphatic heterocycles. The third-order valence-corrected chi connectivity index (χ3v) is 6.76. The van der Waals surface area contributed by atoms with Gasteiger partial charge in [-0.15, -0.1) is 0 Å². The molecule has 33 heavy (non-hydrogen) atoms. The molecular formula is C29H27NO3. The third kappa shape index (κ3) is 3.97. The molecule has 0 saturated heterocycles. The highest BCUT2D eigenvalue weighted by Gasteiger charge is 2.42. The van der Waals surface area contributed by atoms with Crippen molar-refractivity contribution in [2.75, 3.05) is 12.0 Å². The van der Waals surface area contributed by atoms with E-state index in [2.05, 4.69) is 12.1 Å². The normalized spacial score (nSPS) is 20.6. The largest absolute Gasteiger partial charge is 0.497 e. The van der Waals surface area contributed by atoms with Gasteiger partial charge in [-0.05, 0) is 60.2 Å². The number of ketones is 1. The molecule has 4 heteroatoms. The van der Waals surface area contributed by atoms with Crippen molar-refractivity contribution in [2.24, 2.45) is 0 Å². The fourth-order valence-corrected chi connectivity index (χ4v) is 5.21. The molecule has 0 bridgehead atoms. The average Bonchev–Trinajstić information content (AvgIpc) is 2.84. The number of hydrogen-bond donors (Lipinski definition) is 0. The van der Waals surface area contributed by atoms with Crippen LogP contribution in [0.15, 0.2) is 90.1 Å². The van der Waals surface area contributed by atoms with Gasteiger partial charge >= 0.3 is 0 Å². The molecule has 0 N–H and O–H groups in total. The molecule has 2 unspecified atom stereocenters. The average molecular weight is 438 g/mol. The highest BCUT2D eigenvalue weighted by Crippen LogP contribution is 2.47. The van der Waals surface area contributed by atoms with Gasteiger partial charge in [-0.2, -0.15) is 0 Å². The molecule has 4 nitrogen and oxygen atoms in total. The first-order valence-electron chi connectivity index (χ1n) is 11.4. The van der Waals surface area contributed by atoms with Gasteiger partial charge in [-0.25, -0.2) is 0 Å². The zero-order valence-electron chi connectivity index (χ0n) is 19.0. The van der Waals surface area contributed by atoms with Gasteiger partial charge in [0.1, 0.15) is 5.75 Å². The van der Waals surface area contributed by atoms with E-state index >= 15 is 0 Å². The van der Waals surface area contributed by atoms with Gasteiger partial charge in [0, 0.05) is 35.7 Å². The number of nitrogens with zero attached hydrogens (tertiary/aromatic N) is 1. The number of rotatable bonds is 4. The molecule has 166 valence electrons. The van der Waals surface area contributed by atoms with E-state index in [-0.39, 0.29) is 29.9 Å². The predicted molar refractivity (Wildman–Crippen MR) is 129 cm³/mol. The van der Waals surface area contributed by atoms with E-state index in [1.807, 2.05) is 73.7 Å². The van der Waals surface area contributed by atoms with E-state index in [0.717, 1.165) is 39.4 Å². The fourth-order valence-electron chi connectivity index (χ4n) is 5.21. The number of benzene rings is 3. The Balaban J connectivity index is 1.66. The van der Waals surface area contributed by atoms with Crippen LogP contribution in [-0.4, -0.2) is 18.8 Å². The predicted octanol–water partition coefficient (Wildman–Crippen LogP) is 5.92. The van der Waals surface area contributed by atoms with Crippen molar-refractivity contribution >= 4 is 17.4 Å². The lowest BCUT2D eigenvalue weighted by atomic mass is 9.72. The van der Waals surface area contributed by atoms with E-state index in [1.165, 1.54) is 0 Å². The van der Waals surface area contributed by atoms with Crippen LogP contribution < -0.4 is 9.64 Å². The molecule has 2 atom stereocenters. The van der Waals surface area contributed by atoms with E-state index < -0.39 is 0 Å². The molecular weight excluding hydrogens is 410 g/mol. The lowest BCUT2D eigenvalue weighted by molar-refractivity contribution is -0.120. The Hall–Kier alpha value is -3.66. The number of carbonyl (C=O) groups excluding carboxylic acids is 2. The lowest BCUT2D eigenvalue weighted by Crippen LogP contribution is -2.41. The van der Waals surface area contributed by atoms with E-state index in [4.69, 9.17) is 4.74 Å². The summed E-state index contributed by atoms with van der Waals surface area (Å²) in [6, 6.07) is 25.9. The second-order valence-corrected chi connectivity index (χ2v) is 8.90. The van der Waals surface area contributed by atoms with Crippen LogP contribution in [0.25, 0.3) is 0 Å². The Morgan fingerprint density at radius 3 is 2.33 bits per heavy atom. The molecule has 0 saturated carbocycles. The number of carbonyl (C=O) groups is 2. The number of allylic oxidation sites excluding steroid dienone is 2. The van der Waals surface area contributed by atoms with Crippen molar-refractivity contribution < 1.29 is 14.3 Å². The number of aryl methyl sites for hydroxylation is 1. The molecule has 0 aromatic heterocycles. The highest BCUT2D eigenvalue weighted by atomic mass is 16.5. The maximum Gasteiger partial charge on any atom is 0.232 e.